The van der Waals surface area contributed by atoms with E-state index in [2.05, 4.69) is 5.10 Å². The SMILES string of the molecule is COc1ccc2c(c1)s/c(=N\N)n2C. The molecule has 0 aliphatic heterocycles. The molecule has 5 heteroatoms. The van der Waals surface area contributed by atoms with Crippen LogP contribution in [0.3, 0.4) is 0 Å². The second-order valence-electron chi connectivity index (χ2n) is 2.91. The molecule has 0 fully saturated rings. The summed E-state index contributed by atoms with van der Waals surface area (Å²) in [5, 5.41) is 3.70. The molecule has 0 saturated heterocycles. The molecular formula is C9H11N3OS. The molecular weight excluding hydrogens is 198 g/mol. The molecule has 1 aromatic carbocycles. The van der Waals surface area contributed by atoms with Crippen molar-refractivity contribution in [2.75, 3.05) is 7.11 Å². The van der Waals surface area contributed by atoms with Gasteiger partial charge in [0.2, 0.25) is 4.80 Å². The molecule has 2 aromatic rings. The van der Waals surface area contributed by atoms with Gasteiger partial charge in [-0.2, -0.15) is 5.10 Å². The van der Waals surface area contributed by atoms with E-state index in [0.717, 1.165) is 20.8 Å². The number of aromatic nitrogens is 1. The van der Waals surface area contributed by atoms with Gasteiger partial charge in [-0.15, -0.1) is 0 Å². The minimum absolute atomic E-state index is 0.799. The van der Waals surface area contributed by atoms with Gasteiger partial charge in [0.1, 0.15) is 5.75 Å². The van der Waals surface area contributed by atoms with Gasteiger partial charge in [0, 0.05) is 7.05 Å². The topological polar surface area (TPSA) is 52.5 Å². The minimum atomic E-state index is 0.799. The number of rotatable bonds is 1. The lowest BCUT2D eigenvalue weighted by molar-refractivity contribution is 0.415. The fraction of sp³-hybridized carbons (Fsp3) is 0.222. The van der Waals surface area contributed by atoms with Crippen molar-refractivity contribution in [1.82, 2.24) is 4.57 Å². The number of ether oxygens (including phenoxy) is 1. The largest absolute Gasteiger partial charge is 0.497 e. The lowest BCUT2D eigenvalue weighted by atomic mass is 10.3. The maximum absolute atomic E-state index is 5.27. The van der Waals surface area contributed by atoms with E-state index in [1.54, 1.807) is 18.4 Å². The van der Waals surface area contributed by atoms with Crippen molar-refractivity contribution >= 4 is 21.6 Å². The number of methoxy groups -OCH3 is 1. The van der Waals surface area contributed by atoms with Crippen molar-refractivity contribution in [2.24, 2.45) is 18.0 Å². The number of hydrogen-bond acceptors (Lipinski definition) is 4. The first-order chi connectivity index (χ1) is 6.76. The molecule has 0 saturated carbocycles. The van der Waals surface area contributed by atoms with Crippen LogP contribution in [0.15, 0.2) is 23.3 Å². The minimum Gasteiger partial charge on any atom is -0.497 e. The summed E-state index contributed by atoms with van der Waals surface area (Å²) in [7, 11) is 3.60. The summed E-state index contributed by atoms with van der Waals surface area (Å²) in [6.45, 7) is 0. The second kappa shape index (κ2) is 3.34. The summed E-state index contributed by atoms with van der Waals surface area (Å²) in [5.74, 6) is 6.12. The fourth-order valence-corrected chi connectivity index (χ4v) is 2.33. The van der Waals surface area contributed by atoms with E-state index in [9.17, 15) is 0 Å². The van der Waals surface area contributed by atoms with Gasteiger partial charge in [-0.05, 0) is 18.2 Å². The quantitative estimate of drug-likeness (QED) is 0.563. The number of nitrogens with two attached hydrogens (primary N) is 1. The van der Waals surface area contributed by atoms with E-state index in [4.69, 9.17) is 10.6 Å². The maximum atomic E-state index is 5.27. The van der Waals surface area contributed by atoms with Gasteiger partial charge < -0.3 is 15.1 Å². The van der Waals surface area contributed by atoms with Crippen molar-refractivity contribution in [3.8, 4) is 5.75 Å². The molecule has 0 spiro atoms. The third-order valence-corrected chi connectivity index (χ3v) is 3.24. The van der Waals surface area contributed by atoms with Crippen LogP contribution in [-0.2, 0) is 7.05 Å². The normalized spacial score (nSPS) is 12.3. The van der Waals surface area contributed by atoms with Crippen molar-refractivity contribution in [3.05, 3.63) is 23.0 Å². The van der Waals surface area contributed by atoms with E-state index in [0.29, 0.717) is 0 Å². The Balaban J connectivity index is 2.79. The first-order valence-electron chi connectivity index (χ1n) is 4.13. The van der Waals surface area contributed by atoms with Gasteiger partial charge in [0.05, 0.1) is 17.3 Å². The number of fused-ring (bicyclic) bond motifs is 1. The van der Waals surface area contributed by atoms with Crippen LogP contribution in [0, 0.1) is 0 Å². The standard InChI is InChI=1S/C9H11N3OS/c1-12-7-4-3-6(13-2)5-8(7)14-9(12)11-10/h3-5H,10H2,1-2H3/b11-9-. The highest BCUT2D eigenvalue weighted by atomic mass is 32.1. The molecule has 1 heterocycles. The monoisotopic (exact) mass is 209 g/mol. The smallest absolute Gasteiger partial charge is 0.208 e. The molecule has 14 heavy (non-hydrogen) atoms. The number of hydrogen-bond donors (Lipinski definition) is 1. The second-order valence-corrected chi connectivity index (χ2v) is 3.92. The van der Waals surface area contributed by atoms with E-state index >= 15 is 0 Å². The summed E-state index contributed by atoms with van der Waals surface area (Å²) in [5.41, 5.74) is 1.11. The van der Waals surface area contributed by atoms with E-state index in [1.165, 1.54) is 0 Å². The summed E-state index contributed by atoms with van der Waals surface area (Å²) < 4.78 is 8.22. The lowest BCUT2D eigenvalue weighted by Crippen LogP contribution is -2.12. The highest BCUT2D eigenvalue weighted by Gasteiger charge is 2.03. The number of benzene rings is 1. The third-order valence-electron chi connectivity index (χ3n) is 2.13. The Kier molecular flexibility index (Phi) is 2.17. The summed E-state index contributed by atoms with van der Waals surface area (Å²) >= 11 is 1.54. The average Bonchev–Trinajstić information content (AvgIpc) is 2.55. The van der Waals surface area contributed by atoms with E-state index in [1.807, 2.05) is 29.8 Å². The molecule has 0 unspecified atom stereocenters. The molecule has 2 N–H and O–H groups in total. The Morgan fingerprint density at radius 2 is 2.29 bits per heavy atom. The van der Waals surface area contributed by atoms with Crippen molar-refractivity contribution in [2.45, 2.75) is 0 Å². The van der Waals surface area contributed by atoms with Crippen LogP contribution in [-0.4, -0.2) is 11.7 Å². The van der Waals surface area contributed by atoms with Crippen molar-refractivity contribution in [1.29, 1.82) is 0 Å². The number of nitrogens with zero attached hydrogens (tertiary/aromatic N) is 2. The average molecular weight is 209 g/mol. The van der Waals surface area contributed by atoms with E-state index in [-0.39, 0.29) is 0 Å². The maximum Gasteiger partial charge on any atom is 0.208 e. The van der Waals surface area contributed by atoms with E-state index < -0.39 is 0 Å². The number of aryl methyl sites for hydroxylation is 1. The highest BCUT2D eigenvalue weighted by molar-refractivity contribution is 7.16. The molecule has 0 radical (unpaired) electrons. The van der Waals surface area contributed by atoms with Gasteiger partial charge >= 0.3 is 0 Å². The summed E-state index contributed by atoms with van der Waals surface area (Å²) in [4.78, 5) is 0.799. The Morgan fingerprint density at radius 1 is 1.50 bits per heavy atom. The van der Waals surface area contributed by atoms with Crippen LogP contribution in [0.5, 0.6) is 5.75 Å². The molecule has 2 rings (SSSR count). The molecule has 4 nitrogen and oxygen atoms in total. The van der Waals surface area contributed by atoms with Crippen LogP contribution in [0.4, 0.5) is 0 Å². The zero-order chi connectivity index (χ0) is 10.1. The number of thiazole rings is 1. The molecule has 0 aliphatic carbocycles. The summed E-state index contributed by atoms with van der Waals surface area (Å²) in [6.07, 6.45) is 0. The first-order valence-corrected chi connectivity index (χ1v) is 4.95. The Bertz CT molecular complexity index is 526. The predicted molar refractivity (Wildman–Crippen MR) is 57.1 cm³/mol. The summed E-state index contributed by atoms with van der Waals surface area (Å²) in [6, 6.07) is 5.91. The Labute approximate surface area is 85.2 Å². The predicted octanol–water partition coefficient (Wildman–Crippen LogP) is 1.02. The molecule has 1 aromatic heterocycles. The molecule has 74 valence electrons. The third kappa shape index (κ3) is 1.26. The van der Waals surface area contributed by atoms with Gasteiger partial charge in [-0.1, -0.05) is 11.3 Å². The van der Waals surface area contributed by atoms with Crippen LogP contribution in [0.2, 0.25) is 0 Å². The van der Waals surface area contributed by atoms with Crippen molar-refractivity contribution < 1.29 is 4.74 Å². The molecule has 0 bridgehead atoms. The Hall–Kier alpha value is -1.49. The van der Waals surface area contributed by atoms with Gasteiger partial charge in [0.25, 0.3) is 0 Å². The van der Waals surface area contributed by atoms with Gasteiger partial charge in [-0.25, -0.2) is 0 Å². The molecule has 0 aliphatic rings. The van der Waals surface area contributed by atoms with Gasteiger partial charge in [-0.3, -0.25) is 0 Å². The zero-order valence-corrected chi connectivity index (χ0v) is 8.84. The van der Waals surface area contributed by atoms with Crippen molar-refractivity contribution in [3.63, 3.8) is 0 Å². The molecule has 0 atom stereocenters. The van der Waals surface area contributed by atoms with Crippen LogP contribution >= 0.6 is 11.3 Å². The van der Waals surface area contributed by atoms with Crippen LogP contribution in [0.1, 0.15) is 0 Å². The Morgan fingerprint density at radius 3 is 2.93 bits per heavy atom. The molecule has 0 amide bonds. The highest BCUT2D eigenvalue weighted by Crippen LogP contribution is 2.22. The lowest BCUT2D eigenvalue weighted by Gasteiger charge is -1.99. The van der Waals surface area contributed by atoms with Gasteiger partial charge in [0.15, 0.2) is 0 Å². The van der Waals surface area contributed by atoms with Crippen LogP contribution in [0.25, 0.3) is 10.2 Å². The zero-order valence-electron chi connectivity index (χ0n) is 8.02. The van der Waals surface area contributed by atoms with Crippen LogP contribution < -0.4 is 15.4 Å². The first kappa shape index (κ1) is 9.08. The fourth-order valence-electron chi connectivity index (χ4n) is 1.36.